The Morgan fingerprint density at radius 1 is 0.301 bits per heavy atom. The zero-order valence-corrected chi connectivity index (χ0v) is 40.0. The first-order valence-corrected chi connectivity index (χ1v) is 25.2. The minimum atomic E-state index is -0.564. The molecule has 1 aliphatic rings. The van der Waals surface area contributed by atoms with E-state index in [-0.39, 0.29) is 0 Å². The first-order chi connectivity index (χ1) is 36.2. The molecule has 2 heteroatoms. The smallest absolute Gasteiger partial charge is 0.143 e. The second kappa shape index (κ2) is 17.4. The van der Waals surface area contributed by atoms with E-state index in [4.69, 9.17) is 4.42 Å². The standard InChI is InChI=1S/C71H47NO/c1-5-21-49(22-6-1)57-44-41-53(45-62(57)50-23-7-2-8-24-50)48-39-42-56(43-40-48)72(66-37-18-16-31-58(66)59-33-19-34-60-63-46-51-25-13-14-26-52(51)47-68(63)73-70(59)60)67-38-20-36-65-69(67)61-32-15-17-35-64(61)71(65,54-27-9-3-10-28-54)55-29-11-4-12-30-55/h1-47H. The van der Waals surface area contributed by atoms with Gasteiger partial charge in [0.15, 0.2) is 0 Å². The summed E-state index contributed by atoms with van der Waals surface area (Å²) in [6.07, 6.45) is 0. The highest BCUT2D eigenvalue weighted by Gasteiger charge is 2.47. The average Bonchev–Trinajstić information content (AvgIpc) is 4.01. The van der Waals surface area contributed by atoms with Gasteiger partial charge in [0, 0.05) is 33.2 Å². The van der Waals surface area contributed by atoms with Crippen LogP contribution in [0.1, 0.15) is 22.3 Å². The van der Waals surface area contributed by atoms with E-state index < -0.39 is 5.41 Å². The molecular formula is C71H47NO. The third-order valence-corrected chi connectivity index (χ3v) is 15.1. The van der Waals surface area contributed by atoms with Gasteiger partial charge in [-0.25, -0.2) is 0 Å². The maximum absolute atomic E-state index is 6.96. The highest BCUT2D eigenvalue weighted by atomic mass is 16.3. The minimum absolute atomic E-state index is 0.564. The summed E-state index contributed by atoms with van der Waals surface area (Å²) < 4.78 is 6.96. The van der Waals surface area contributed by atoms with E-state index in [1.54, 1.807) is 0 Å². The number of benzene rings is 12. The number of fused-ring (bicyclic) bond motifs is 7. The highest BCUT2D eigenvalue weighted by Crippen LogP contribution is 2.60. The molecule has 1 aromatic heterocycles. The number of furan rings is 1. The molecule has 0 fully saturated rings. The Hall–Kier alpha value is -9.50. The van der Waals surface area contributed by atoms with Crippen molar-refractivity contribution < 1.29 is 4.42 Å². The third kappa shape index (κ3) is 6.87. The Morgan fingerprint density at radius 3 is 1.55 bits per heavy atom. The van der Waals surface area contributed by atoms with E-state index in [9.17, 15) is 0 Å². The normalized spacial score (nSPS) is 12.5. The quantitative estimate of drug-likeness (QED) is 0.143. The molecule has 0 amide bonds. The van der Waals surface area contributed by atoms with Crippen LogP contribution in [0.5, 0.6) is 0 Å². The SMILES string of the molecule is c1ccc(-c2ccc(-c3ccc(N(c4ccccc4-c4cccc5c4oc4cc6ccccc6cc45)c4cccc5c4-c4ccccc4C5(c4ccccc4)c4ccccc4)cc3)cc2-c2ccccc2)cc1. The van der Waals surface area contributed by atoms with Crippen molar-refractivity contribution in [2.24, 2.45) is 0 Å². The summed E-state index contributed by atoms with van der Waals surface area (Å²) in [6, 6.07) is 104. The molecule has 0 N–H and O–H groups in total. The molecule has 0 unspecified atom stereocenters. The zero-order valence-electron chi connectivity index (χ0n) is 40.0. The number of nitrogens with zero attached hydrogens (tertiary/aromatic N) is 1. The van der Waals surface area contributed by atoms with Gasteiger partial charge in [-0.15, -0.1) is 0 Å². The van der Waals surface area contributed by atoms with Gasteiger partial charge in [-0.3, -0.25) is 0 Å². The highest BCUT2D eigenvalue weighted by molar-refractivity contribution is 6.14. The summed E-state index contributed by atoms with van der Waals surface area (Å²) in [7, 11) is 0. The first kappa shape index (κ1) is 42.4. The lowest BCUT2D eigenvalue weighted by Crippen LogP contribution is -2.28. The van der Waals surface area contributed by atoms with Gasteiger partial charge >= 0.3 is 0 Å². The van der Waals surface area contributed by atoms with Crippen molar-refractivity contribution in [3.63, 3.8) is 0 Å². The maximum Gasteiger partial charge on any atom is 0.143 e. The van der Waals surface area contributed by atoms with Crippen LogP contribution in [0, 0.1) is 0 Å². The Balaban J connectivity index is 1.00. The van der Waals surface area contributed by atoms with E-state index in [0.717, 1.165) is 66.6 Å². The second-order valence-corrected chi connectivity index (χ2v) is 19.1. The van der Waals surface area contributed by atoms with E-state index in [0.29, 0.717) is 0 Å². The fraction of sp³-hybridized carbons (Fsp3) is 0.0141. The van der Waals surface area contributed by atoms with Crippen LogP contribution in [0.2, 0.25) is 0 Å². The molecule has 0 atom stereocenters. The summed E-state index contributed by atoms with van der Waals surface area (Å²) >= 11 is 0. The molecule has 0 aliphatic heterocycles. The lowest BCUT2D eigenvalue weighted by atomic mass is 9.68. The Kier molecular flexibility index (Phi) is 10.1. The van der Waals surface area contributed by atoms with Crippen LogP contribution in [0.4, 0.5) is 17.1 Å². The van der Waals surface area contributed by atoms with Crippen molar-refractivity contribution in [3.05, 3.63) is 307 Å². The minimum Gasteiger partial charge on any atom is -0.455 e. The fourth-order valence-electron chi connectivity index (χ4n) is 11.9. The molecule has 1 aliphatic carbocycles. The molecular weight excluding hydrogens is 883 g/mol. The zero-order chi connectivity index (χ0) is 48.3. The van der Waals surface area contributed by atoms with Crippen molar-refractivity contribution >= 4 is 49.8 Å². The summed E-state index contributed by atoms with van der Waals surface area (Å²) in [5, 5.41) is 4.57. The summed E-state index contributed by atoms with van der Waals surface area (Å²) in [6.45, 7) is 0. The van der Waals surface area contributed by atoms with Gasteiger partial charge in [0.05, 0.1) is 16.8 Å². The first-order valence-electron chi connectivity index (χ1n) is 25.2. The van der Waals surface area contributed by atoms with E-state index in [1.807, 2.05) is 0 Å². The van der Waals surface area contributed by atoms with Crippen LogP contribution < -0.4 is 4.90 Å². The molecule has 0 spiro atoms. The molecule has 0 saturated carbocycles. The van der Waals surface area contributed by atoms with Gasteiger partial charge in [-0.05, 0) is 114 Å². The van der Waals surface area contributed by atoms with Crippen LogP contribution in [0.15, 0.2) is 290 Å². The molecule has 1 heterocycles. The van der Waals surface area contributed by atoms with Crippen LogP contribution in [-0.2, 0) is 5.41 Å². The summed E-state index contributed by atoms with van der Waals surface area (Å²) in [5.41, 5.74) is 21.0. The van der Waals surface area contributed by atoms with Gasteiger partial charge in [0.2, 0.25) is 0 Å². The Bertz CT molecular complexity index is 4140. The predicted octanol–water partition coefficient (Wildman–Crippen LogP) is 19.2. The number of para-hydroxylation sites is 2. The molecule has 13 aromatic rings. The topological polar surface area (TPSA) is 16.4 Å². The Morgan fingerprint density at radius 2 is 0.836 bits per heavy atom. The predicted molar refractivity (Wildman–Crippen MR) is 305 cm³/mol. The van der Waals surface area contributed by atoms with Crippen molar-refractivity contribution in [3.8, 4) is 55.6 Å². The van der Waals surface area contributed by atoms with Crippen molar-refractivity contribution in [2.45, 2.75) is 5.41 Å². The van der Waals surface area contributed by atoms with Crippen LogP contribution in [0.25, 0.3) is 88.3 Å². The number of hydrogen-bond acceptors (Lipinski definition) is 2. The number of hydrogen-bond donors (Lipinski definition) is 0. The van der Waals surface area contributed by atoms with Gasteiger partial charge in [0.25, 0.3) is 0 Å². The summed E-state index contributed by atoms with van der Waals surface area (Å²) in [4.78, 5) is 2.49. The fourth-order valence-corrected chi connectivity index (χ4v) is 11.9. The van der Waals surface area contributed by atoms with E-state index in [2.05, 4.69) is 290 Å². The molecule has 14 rings (SSSR count). The molecule has 342 valence electrons. The van der Waals surface area contributed by atoms with Crippen molar-refractivity contribution in [1.29, 1.82) is 0 Å². The maximum atomic E-state index is 6.96. The van der Waals surface area contributed by atoms with Gasteiger partial charge in [-0.1, -0.05) is 243 Å². The molecule has 0 radical (unpaired) electrons. The molecule has 0 bridgehead atoms. The van der Waals surface area contributed by atoms with E-state index >= 15 is 0 Å². The van der Waals surface area contributed by atoms with Crippen molar-refractivity contribution in [2.75, 3.05) is 4.90 Å². The van der Waals surface area contributed by atoms with Gasteiger partial charge in [-0.2, -0.15) is 0 Å². The van der Waals surface area contributed by atoms with Gasteiger partial charge in [0.1, 0.15) is 11.2 Å². The largest absolute Gasteiger partial charge is 0.455 e. The molecule has 0 saturated heterocycles. The monoisotopic (exact) mass is 929 g/mol. The van der Waals surface area contributed by atoms with Crippen LogP contribution in [0.3, 0.4) is 0 Å². The molecule has 12 aromatic carbocycles. The lowest BCUT2D eigenvalue weighted by Gasteiger charge is -2.34. The molecule has 2 nitrogen and oxygen atoms in total. The molecule has 73 heavy (non-hydrogen) atoms. The number of rotatable bonds is 9. The average molecular weight is 930 g/mol. The lowest BCUT2D eigenvalue weighted by molar-refractivity contribution is 0.670. The van der Waals surface area contributed by atoms with Crippen LogP contribution >= 0.6 is 0 Å². The number of anilines is 3. The Labute approximate surface area is 425 Å². The van der Waals surface area contributed by atoms with Gasteiger partial charge < -0.3 is 9.32 Å². The summed E-state index contributed by atoms with van der Waals surface area (Å²) in [5.74, 6) is 0. The third-order valence-electron chi connectivity index (χ3n) is 15.1. The second-order valence-electron chi connectivity index (χ2n) is 19.1. The van der Waals surface area contributed by atoms with Crippen LogP contribution in [-0.4, -0.2) is 0 Å². The van der Waals surface area contributed by atoms with Crippen molar-refractivity contribution in [1.82, 2.24) is 0 Å². The van der Waals surface area contributed by atoms with E-state index in [1.165, 1.54) is 61.0 Å².